The van der Waals surface area contributed by atoms with Crippen LogP contribution in [0.1, 0.15) is 21.6 Å². The highest BCUT2D eigenvalue weighted by atomic mass is 35.5. The monoisotopic (exact) mass is 377 g/mol. The Bertz CT molecular complexity index is 956. The number of carbonyl (C=O) groups excluding carboxylic acids is 1. The number of hydrogen-bond acceptors (Lipinski definition) is 3. The van der Waals surface area contributed by atoms with Crippen molar-refractivity contribution in [2.45, 2.75) is 12.8 Å². The van der Waals surface area contributed by atoms with Crippen LogP contribution in [0.3, 0.4) is 0 Å². The third-order valence-electron chi connectivity index (χ3n) is 4.77. The third kappa shape index (κ3) is 3.96. The Morgan fingerprint density at radius 2 is 2.00 bits per heavy atom. The number of nitrogens with zero attached hydrogens (tertiary/aromatic N) is 2. The van der Waals surface area contributed by atoms with Crippen molar-refractivity contribution >= 4 is 28.9 Å². The Morgan fingerprint density at radius 1 is 1.11 bits per heavy atom. The summed E-state index contributed by atoms with van der Waals surface area (Å²) < 4.78 is 0. The van der Waals surface area contributed by atoms with E-state index < -0.39 is 0 Å². The number of para-hydroxylation sites is 1. The van der Waals surface area contributed by atoms with Gasteiger partial charge in [-0.1, -0.05) is 41.9 Å². The zero-order chi connectivity index (χ0) is 18.6. The van der Waals surface area contributed by atoms with Gasteiger partial charge in [-0.2, -0.15) is 0 Å². The fourth-order valence-corrected chi connectivity index (χ4v) is 3.60. The van der Waals surface area contributed by atoms with E-state index in [9.17, 15) is 4.79 Å². The minimum atomic E-state index is -0.162. The molecule has 4 nitrogen and oxygen atoms in total. The predicted octanol–water partition coefficient (Wildman–Crippen LogP) is 4.40. The largest absolute Gasteiger partial charge is 0.350 e. The van der Waals surface area contributed by atoms with Crippen LogP contribution in [0.25, 0.3) is 0 Å². The van der Waals surface area contributed by atoms with E-state index in [0.717, 1.165) is 30.6 Å². The van der Waals surface area contributed by atoms with Gasteiger partial charge in [-0.15, -0.1) is 0 Å². The first-order chi connectivity index (χ1) is 13.2. The van der Waals surface area contributed by atoms with Crippen LogP contribution < -0.4 is 10.2 Å². The van der Waals surface area contributed by atoms with Gasteiger partial charge < -0.3 is 10.2 Å². The first-order valence-corrected chi connectivity index (χ1v) is 9.43. The second-order valence-corrected chi connectivity index (χ2v) is 7.00. The first-order valence-electron chi connectivity index (χ1n) is 9.05. The Kier molecular flexibility index (Phi) is 5.07. The van der Waals surface area contributed by atoms with E-state index in [2.05, 4.69) is 33.4 Å². The Morgan fingerprint density at radius 3 is 2.81 bits per heavy atom. The molecular weight excluding hydrogens is 358 g/mol. The number of rotatable bonds is 5. The van der Waals surface area contributed by atoms with Crippen LogP contribution in [0.4, 0.5) is 11.4 Å². The molecule has 1 aliphatic rings. The second-order valence-electron chi connectivity index (χ2n) is 6.57. The smallest absolute Gasteiger partial charge is 0.269 e. The van der Waals surface area contributed by atoms with E-state index >= 15 is 0 Å². The molecule has 1 aromatic heterocycles. The van der Waals surface area contributed by atoms with Crippen LogP contribution in [0.2, 0.25) is 5.02 Å². The van der Waals surface area contributed by atoms with Crippen molar-refractivity contribution in [3.63, 3.8) is 0 Å². The Hall–Kier alpha value is -2.85. The molecule has 0 fully saturated rings. The Labute approximate surface area is 163 Å². The Balaban J connectivity index is 1.37. The van der Waals surface area contributed by atoms with E-state index in [0.29, 0.717) is 17.3 Å². The van der Waals surface area contributed by atoms with Gasteiger partial charge in [-0.05, 0) is 54.3 Å². The fraction of sp³-hybridized carbons (Fsp3) is 0.182. The summed E-state index contributed by atoms with van der Waals surface area (Å²) in [6, 6.07) is 19.8. The molecule has 0 spiro atoms. The minimum Gasteiger partial charge on any atom is -0.350 e. The lowest BCUT2D eigenvalue weighted by atomic mass is 10.1. The van der Waals surface area contributed by atoms with Crippen molar-refractivity contribution in [1.82, 2.24) is 10.3 Å². The van der Waals surface area contributed by atoms with Gasteiger partial charge in [0.15, 0.2) is 0 Å². The summed E-state index contributed by atoms with van der Waals surface area (Å²) in [5, 5.41) is 3.62. The number of anilines is 2. The molecule has 1 amide bonds. The van der Waals surface area contributed by atoms with Gasteiger partial charge in [0, 0.05) is 23.8 Å². The number of benzene rings is 2. The quantitative estimate of drug-likeness (QED) is 0.716. The predicted molar refractivity (Wildman–Crippen MR) is 109 cm³/mol. The lowest BCUT2D eigenvalue weighted by Crippen LogP contribution is -2.26. The lowest BCUT2D eigenvalue weighted by Gasteiger charge is -2.19. The third-order valence-corrected chi connectivity index (χ3v) is 5.00. The van der Waals surface area contributed by atoms with Crippen LogP contribution in [0, 0.1) is 0 Å². The van der Waals surface area contributed by atoms with Crippen molar-refractivity contribution in [2.24, 2.45) is 0 Å². The molecule has 0 saturated heterocycles. The zero-order valence-corrected chi connectivity index (χ0v) is 15.6. The second kappa shape index (κ2) is 7.80. The fourth-order valence-electron chi connectivity index (χ4n) is 3.39. The van der Waals surface area contributed by atoms with E-state index in [1.807, 2.05) is 36.4 Å². The number of pyridine rings is 1. The molecule has 2 aromatic carbocycles. The molecule has 27 heavy (non-hydrogen) atoms. The number of fused-ring (bicyclic) bond motifs is 1. The highest BCUT2D eigenvalue weighted by Gasteiger charge is 2.20. The number of amides is 1. The zero-order valence-electron chi connectivity index (χ0n) is 14.9. The average Bonchev–Trinajstić information content (AvgIpc) is 3.12. The summed E-state index contributed by atoms with van der Waals surface area (Å²) >= 11 is 5.98. The maximum atomic E-state index is 12.3. The summed E-state index contributed by atoms with van der Waals surface area (Å²) in [5.74, 6) is -0.162. The van der Waals surface area contributed by atoms with E-state index in [-0.39, 0.29) is 5.91 Å². The summed E-state index contributed by atoms with van der Waals surface area (Å²) in [6.07, 6.45) is 3.53. The van der Waals surface area contributed by atoms with E-state index in [1.165, 1.54) is 11.3 Å². The highest BCUT2D eigenvalue weighted by Crippen LogP contribution is 2.33. The lowest BCUT2D eigenvalue weighted by molar-refractivity contribution is 0.0949. The molecule has 0 bridgehead atoms. The molecule has 0 saturated carbocycles. The molecule has 3 aromatic rings. The molecule has 4 rings (SSSR count). The van der Waals surface area contributed by atoms with Crippen molar-refractivity contribution in [3.05, 3.63) is 88.7 Å². The molecule has 2 heterocycles. The topological polar surface area (TPSA) is 45.2 Å². The molecule has 0 unspecified atom stereocenters. The van der Waals surface area contributed by atoms with Crippen molar-refractivity contribution in [1.29, 1.82) is 0 Å². The van der Waals surface area contributed by atoms with Crippen molar-refractivity contribution < 1.29 is 4.79 Å². The van der Waals surface area contributed by atoms with Crippen molar-refractivity contribution in [3.8, 4) is 0 Å². The minimum absolute atomic E-state index is 0.162. The van der Waals surface area contributed by atoms with Gasteiger partial charge in [0.25, 0.3) is 5.91 Å². The highest BCUT2D eigenvalue weighted by molar-refractivity contribution is 6.30. The number of nitrogens with one attached hydrogen (secondary N) is 1. The summed E-state index contributed by atoms with van der Waals surface area (Å²) in [4.78, 5) is 18.9. The van der Waals surface area contributed by atoms with Gasteiger partial charge >= 0.3 is 0 Å². The molecule has 0 atom stereocenters. The van der Waals surface area contributed by atoms with Gasteiger partial charge in [-0.3, -0.25) is 4.79 Å². The maximum absolute atomic E-state index is 12.3. The summed E-state index contributed by atoms with van der Waals surface area (Å²) in [6.45, 7) is 1.48. The summed E-state index contributed by atoms with van der Waals surface area (Å²) in [5.41, 5.74) is 5.10. The summed E-state index contributed by atoms with van der Waals surface area (Å²) in [7, 11) is 0. The van der Waals surface area contributed by atoms with Gasteiger partial charge in [0.2, 0.25) is 0 Å². The van der Waals surface area contributed by atoms with Crippen LogP contribution in [0.5, 0.6) is 0 Å². The molecule has 1 aliphatic heterocycles. The molecule has 5 heteroatoms. The SMILES string of the molecule is O=C(NCCc1cccc(Cl)c1)c1ccc(N2CCc3ccccc32)cn1. The molecule has 0 aliphatic carbocycles. The maximum Gasteiger partial charge on any atom is 0.269 e. The average molecular weight is 378 g/mol. The van der Waals surface area contributed by atoms with Crippen LogP contribution >= 0.6 is 11.6 Å². The standard InChI is InChI=1S/C22H20ClN3O/c23-18-6-3-4-16(14-18)10-12-24-22(27)20-9-8-19(15-25-20)26-13-11-17-5-1-2-7-21(17)26/h1-9,14-15H,10-13H2,(H,24,27). The normalized spacial score (nSPS) is 12.7. The van der Waals surface area contributed by atoms with Crippen LogP contribution in [0.15, 0.2) is 66.9 Å². The van der Waals surface area contributed by atoms with E-state index in [4.69, 9.17) is 11.6 Å². The number of halogens is 1. The van der Waals surface area contributed by atoms with E-state index in [1.54, 1.807) is 12.3 Å². The number of carbonyl (C=O) groups is 1. The number of hydrogen-bond donors (Lipinski definition) is 1. The van der Waals surface area contributed by atoms with Gasteiger partial charge in [-0.25, -0.2) is 4.98 Å². The molecule has 136 valence electrons. The molecular formula is C22H20ClN3O. The molecule has 0 radical (unpaired) electrons. The van der Waals surface area contributed by atoms with Crippen LogP contribution in [-0.2, 0) is 12.8 Å². The van der Waals surface area contributed by atoms with Crippen LogP contribution in [-0.4, -0.2) is 24.0 Å². The first kappa shape index (κ1) is 17.6. The number of aromatic nitrogens is 1. The van der Waals surface area contributed by atoms with Gasteiger partial charge in [0.1, 0.15) is 5.69 Å². The van der Waals surface area contributed by atoms with Crippen molar-refractivity contribution in [2.75, 3.05) is 18.0 Å². The molecule has 1 N–H and O–H groups in total. The van der Waals surface area contributed by atoms with Gasteiger partial charge in [0.05, 0.1) is 11.9 Å².